The van der Waals surface area contributed by atoms with Crippen molar-refractivity contribution in [3.63, 3.8) is 0 Å². The van der Waals surface area contributed by atoms with Crippen molar-refractivity contribution in [1.29, 1.82) is 0 Å². The third-order valence-corrected chi connectivity index (χ3v) is 4.22. The van der Waals surface area contributed by atoms with Crippen LogP contribution in [0.5, 0.6) is 0 Å². The van der Waals surface area contributed by atoms with Crippen molar-refractivity contribution in [1.82, 2.24) is 9.80 Å². The van der Waals surface area contributed by atoms with E-state index in [4.69, 9.17) is 0 Å². The Balaban J connectivity index is 1.90. The summed E-state index contributed by atoms with van der Waals surface area (Å²) < 4.78 is 0. The van der Waals surface area contributed by atoms with Crippen LogP contribution < -0.4 is 0 Å². The number of carbonyl (C=O) groups excluding carboxylic acids is 3. The van der Waals surface area contributed by atoms with E-state index < -0.39 is 0 Å². The Morgan fingerprint density at radius 2 is 1.67 bits per heavy atom. The van der Waals surface area contributed by atoms with Gasteiger partial charge in [0.25, 0.3) is 17.7 Å². The predicted octanol–water partition coefficient (Wildman–Crippen LogP) is 2.57. The van der Waals surface area contributed by atoms with Crippen LogP contribution >= 0.6 is 0 Å². The summed E-state index contributed by atoms with van der Waals surface area (Å²) in [6.45, 7) is 2.68. The first kappa shape index (κ1) is 15.9. The van der Waals surface area contributed by atoms with Gasteiger partial charge in [-0.3, -0.25) is 19.3 Å². The first-order valence-electron chi connectivity index (χ1n) is 7.82. The predicted molar refractivity (Wildman–Crippen MR) is 89.7 cm³/mol. The highest BCUT2D eigenvalue weighted by Gasteiger charge is 2.36. The van der Waals surface area contributed by atoms with Crippen LogP contribution in [0.1, 0.15) is 43.6 Å². The number of hydrogen-bond donors (Lipinski definition) is 0. The van der Waals surface area contributed by atoms with E-state index >= 15 is 0 Å². The largest absolute Gasteiger partial charge is 0.342 e. The van der Waals surface area contributed by atoms with Crippen molar-refractivity contribution in [2.24, 2.45) is 0 Å². The molecule has 122 valence electrons. The van der Waals surface area contributed by atoms with Crippen molar-refractivity contribution in [3.8, 4) is 0 Å². The molecular weight excluding hydrogens is 304 g/mol. The van der Waals surface area contributed by atoms with Crippen LogP contribution in [0.2, 0.25) is 0 Å². The molecule has 0 aliphatic carbocycles. The highest BCUT2D eigenvalue weighted by Crippen LogP contribution is 2.26. The highest BCUT2D eigenvalue weighted by molar-refractivity contribution is 6.22. The van der Waals surface area contributed by atoms with Gasteiger partial charge in [-0.15, -0.1) is 0 Å². The zero-order valence-corrected chi connectivity index (χ0v) is 13.7. The van der Waals surface area contributed by atoms with Gasteiger partial charge < -0.3 is 4.90 Å². The molecule has 0 atom stereocenters. The molecule has 0 radical (unpaired) electrons. The average Bonchev–Trinajstić information content (AvgIpc) is 2.85. The molecule has 0 spiro atoms. The maximum absolute atomic E-state index is 12.6. The van der Waals surface area contributed by atoms with Gasteiger partial charge in [0, 0.05) is 19.2 Å². The molecule has 5 heteroatoms. The number of carbonyl (C=O) groups is 3. The van der Waals surface area contributed by atoms with E-state index in [0.717, 1.165) is 5.56 Å². The second-order valence-corrected chi connectivity index (χ2v) is 5.76. The fourth-order valence-corrected chi connectivity index (χ4v) is 2.70. The average molecular weight is 322 g/mol. The smallest absolute Gasteiger partial charge is 0.261 e. The molecule has 24 heavy (non-hydrogen) atoms. The molecule has 0 aromatic heterocycles. The van der Waals surface area contributed by atoms with Gasteiger partial charge in [-0.1, -0.05) is 30.3 Å². The molecule has 3 rings (SSSR count). The summed E-state index contributed by atoms with van der Waals surface area (Å²) in [6.07, 6.45) is 0. The lowest BCUT2D eigenvalue weighted by Gasteiger charge is -2.14. The third kappa shape index (κ3) is 2.69. The highest BCUT2D eigenvalue weighted by atomic mass is 16.2. The first-order valence-corrected chi connectivity index (χ1v) is 7.82. The minimum Gasteiger partial charge on any atom is -0.342 e. The number of benzene rings is 2. The van der Waals surface area contributed by atoms with Gasteiger partial charge in [0.2, 0.25) is 0 Å². The van der Waals surface area contributed by atoms with E-state index in [0.29, 0.717) is 23.2 Å². The molecule has 0 fully saturated rings. The van der Waals surface area contributed by atoms with Crippen molar-refractivity contribution >= 4 is 17.7 Å². The number of hydrogen-bond acceptors (Lipinski definition) is 3. The molecular formula is C19H18N2O3. The molecule has 0 bridgehead atoms. The summed E-state index contributed by atoms with van der Waals surface area (Å²) in [7, 11) is 1.70. The topological polar surface area (TPSA) is 57.7 Å². The van der Waals surface area contributed by atoms with E-state index in [9.17, 15) is 14.4 Å². The minimum atomic E-state index is -0.354. The summed E-state index contributed by atoms with van der Waals surface area (Å²) in [5.41, 5.74) is 1.95. The fraction of sp³-hybridized carbons (Fsp3) is 0.211. The van der Waals surface area contributed by atoms with Crippen LogP contribution in [-0.4, -0.2) is 41.1 Å². The van der Waals surface area contributed by atoms with E-state index in [1.807, 2.05) is 37.3 Å². The molecule has 5 nitrogen and oxygen atoms in total. The minimum absolute atomic E-state index is 0.165. The molecule has 2 aromatic rings. The lowest BCUT2D eigenvalue weighted by Crippen LogP contribution is -2.29. The molecule has 1 aliphatic heterocycles. The van der Waals surface area contributed by atoms with E-state index in [1.54, 1.807) is 24.1 Å². The Labute approximate surface area is 140 Å². The summed E-state index contributed by atoms with van der Waals surface area (Å²) in [5, 5.41) is 0. The Bertz CT molecular complexity index is 815. The second kappa shape index (κ2) is 6.28. The molecule has 3 amide bonds. The van der Waals surface area contributed by atoms with Gasteiger partial charge >= 0.3 is 0 Å². The monoisotopic (exact) mass is 322 g/mol. The summed E-state index contributed by atoms with van der Waals surface area (Å²) in [5.74, 6) is -0.837. The molecule has 1 heterocycles. The Hall–Kier alpha value is -2.95. The van der Waals surface area contributed by atoms with E-state index in [-0.39, 0.29) is 24.3 Å². The lowest BCUT2D eigenvalue weighted by atomic mass is 10.1. The van der Waals surface area contributed by atoms with Crippen LogP contribution in [0.3, 0.4) is 0 Å². The zero-order chi connectivity index (χ0) is 17.3. The lowest BCUT2D eigenvalue weighted by molar-refractivity contribution is 0.0642. The van der Waals surface area contributed by atoms with Gasteiger partial charge in [-0.05, 0) is 30.7 Å². The van der Waals surface area contributed by atoms with Crippen LogP contribution in [-0.2, 0) is 6.54 Å². The molecule has 0 unspecified atom stereocenters. The number of amides is 3. The van der Waals surface area contributed by atoms with Crippen molar-refractivity contribution in [3.05, 3.63) is 70.8 Å². The first-order chi connectivity index (χ1) is 11.5. The van der Waals surface area contributed by atoms with Crippen LogP contribution in [0.15, 0.2) is 48.5 Å². The summed E-state index contributed by atoms with van der Waals surface area (Å²) in [4.78, 5) is 40.1. The van der Waals surface area contributed by atoms with E-state index in [2.05, 4.69) is 0 Å². The Morgan fingerprint density at radius 1 is 1.00 bits per heavy atom. The van der Waals surface area contributed by atoms with Crippen LogP contribution in [0, 0.1) is 0 Å². The van der Waals surface area contributed by atoms with Crippen molar-refractivity contribution in [2.75, 3.05) is 13.6 Å². The number of imide groups is 1. The molecule has 0 saturated carbocycles. The standard InChI is InChI=1S/C19H18N2O3/c1-3-20(2)17(22)14-9-10-15-16(11-14)19(24)21(18(15)23)12-13-7-5-4-6-8-13/h4-11H,3,12H2,1-2H3. The molecule has 2 aromatic carbocycles. The number of rotatable bonds is 4. The fourth-order valence-electron chi connectivity index (χ4n) is 2.70. The van der Waals surface area contributed by atoms with Gasteiger partial charge in [0.15, 0.2) is 0 Å². The summed E-state index contributed by atoms with van der Waals surface area (Å²) >= 11 is 0. The maximum atomic E-state index is 12.6. The van der Waals surface area contributed by atoms with Gasteiger partial charge in [-0.2, -0.15) is 0 Å². The van der Waals surface area contributed by atoms with Crippen molar-refractivity contribution in [2.45, 2.75) is 13.5 Å². The zero-order valence-electron chi connectivity index (χ0n) is 13.7. The Morgan fingerprint density at radius 3 is 2.33 bits per heavy atom. The van der Waals surface area contributed by atoms with Gasteiger partial charge in [-0.25, -0.2) is 0 Å². The second-order valence-electron chi connectivity index (χ2n) is 5.76. The number of nitrogens with zero attached hydrogens (tertiary/aromatic N) is 2. The quantitative estimate of drug-likeness (QED) is 0.813. The normalized spacial score (nSPS) is 13.2. The van der Waals surface area contributed by atoms with E-state index in [1.165, 1.54) is 11.0 Å². The van der Waals surface area contributed by atoms with Gasteiger partial charge in [0.1, 0.15) is 0 Å². The molecule has 1 aliphatic rings. The maximum Gasteiger partial charge on any atom is 0.261 e. The summed E-state index contributed by atoms with van der Waals surface area (Å²) in [6, 6.07) is 14.0. The number of fused-ring (bicyclic) bond motifs is 1. The van der Waals surface area contributed by atoms with Crippen LogP contribution in [0.25, 0.3) is 0 Å². The molecule has 0 N–H and O–H groups in total. The SMILES string of the molecule is CCN(C)C(=O)c1ccc2c(c1)C(=O)N(Cc1ccccc1)C2=O. The third-order valence-electron chi connectivity index (χ3n) is 4.22. The van der Waals surface area contributed by atoms with Crippen LogP contribution in [0.4, 0.5) is 0 Å². The van der Waals surface area contributed by atoms with Crippen molar-refractivity contribution < 1.29 is 14.4 Å². The van der Waals surface area contributed by atoms with Gasteiger partial charge in [0.05, 0.1) is 17.7 Å². The molecule has 0 saturated heterocycles. The Kier molecular flexibility index (Phi) is 4.16.